The van der Waals surface area contributed by atoms with Crippen molar-refractivity contribution in [1.82, 2.24) is 9.62 Å². The average molecular weight is 264 g/mol. The predicted molar refractivity (Wildman–Crippen MR) is 68.3 cm³/mol. The van der Waals surface area contributed by atoms with E-state index in [4.69, 9.17) is 5.11 Å². The molecule has 5 nitrogen and oxygen atoms in total. The number of likely N-dealkylation sites (tertiary alicyclic amines) is 1. The normalized spacial score (nSPS) is 21.6. The molecule has 1 heterocycles. The van der Waals surface area contributed by atoms with E-state index in [1.54, 1.807) is 0 Å². The van der Waals surface area contributed by atoms with Crippen LogP contribution in [0, 0.1) is 5.92 Å². The highest BCUT2D eigenvalue weighted by Crippen LogP contribution is 2.16. The molecule has 1 fully saturated rings. The van der Waals surface area contributed by atoms with Crippen LogP contribution in [0.1, 0.15) is 26.7 Å². The minimum Gasteiger partial charge on any atom is -0.395 e. The van der Waals surface area contributed by atoms with E-state index in [0.717, 1.165) is 32.5 Å². The van der Waals surface area contributed by atoms with Gasteiger partial charge in [0.15, 0.2) is 0 Å². The molecule has 0 aromatic heterocycles. The van der Waals surface area contributed by atoms with E-state index < -0.39 is 15.3 Å². The molecule has 1 atom stereocenters. The molecule has 0 radical (unpaired) electrons. The molecule has 1 aliphatic heterocycles. The number of hydrogen-bond acceptors (Lipinski definition) is 4. The Morgan fingerprint density at radius 1 is 1.41 bits per heavy atom. The van der Waals surface area contributed by atoms with Crippen LogP contribution in [0.2, 0.25) is 0 Å². The van der Waals surface area contributed by atoms with Gasteiger partial charge < -0.3 is 10.0 Å². The molecule has 0 aliphatic carbocycles. The molecule has 0 aromatic carbocycles. The van der Waals surface area contributed by atoms with Gasteiger partial charge in [-0.25, -0.2) is 13.1 Å². The maximum Gasteiger partial charge on any atom is 0.216 e. The Labute approximate surface area is 104 Å². The van der Waals surface area contributed by atoms with Crippen LogP contribution in [0.25, 0.3) is 0 Å². The standard InChI is InChI=1S/C11H24N2O3S/c1-3-13-6-4-11(5-7-13)8-12-17(15,16)10(2)9-14/h10-12,14H,3-9H2,1-2H3. The zero-order chi connectivity index (χ0) is 12.9. The van der Waals surface area contributed by atoms with Crippen LogP contribution in [0.3, 0.4) is 0 Å². The molecule has 17 heavy (non-hydrogen) atoms. The summed E-state index contributed by atoms with van der Waals surface area (Å²) in [6.45, 7) is 7.01. The quantitative estimate of drug-likeness (QED) is 0.709. The Hall–Kier alpha value is -0.170. The monoisotopic (exact) mass is 264 g/mol. The highest BCUT2D eigenvalue weighted by Gasteiger charge is 2.23. The van der Waals surface area contributed by atoms with Crippen LogP contribution >= 0.6 is 0 Å². The lowest BCUT2D eigenvalue weighted by molar-refractivity contribution is 0.193. The van der Waals surface area contributed by atoms with E-state index in [-0.39, 0.29) is 6.61 Å². The van der Waals surface area contributed by atoms with E-state index in [0.29, 0.717) is 12.5 Å². The molecule has 1 saturated heterocycles. The molecule has 0 amide bonds. The summed E-state index contributed by atoms with van der Waals surface area (Å²) in [5.74, 6) is 0.429. The van der Waals surface area contributed by atoms with Crippen LogP contribution in [0.4, 0.5) is 0 Å². The average Bonchev–Trinajstić information content (AvgIpc) is 2.36. The van der Waals surface area contributed by atoms with Crippen molar-refractivity contribution < 1.29 is 13.5 Å². The molecule has 1 aliphatic rings. The molecular formula is C11H24N2O3S. The SMILES string of the molecule is CCN1CCC(CNS(=O)(=O)C(C)CO)CC1. The Morgan fingerprint density at radius 2 is 2.00 bits per heavy atom. The van der Waals surface area contributed by atoms with Gasteiger partial charge in [0.2, 0.25) is 10.0 Å². The second-order valence-electron chi connectivity index (χ2n) is 4.76. The zero-order valence-electron chi connectivity index (χ0n) is 10.7. The molecule has 0 saturated carbocycles. The number of hydrogen-bond donors (Lipinski definition) is 2. The van der Waals surface area contributed by atoms with E-state index in [1.165, 1.54) is 6.92 Å². The maximum atomic E-state index is 11.6. The molecular weight excluding hydrogens is 240 g/mol. The molecule has 2 N–H and O–H groups in total. The van der Waals surface area contributed by atoms with E-state index in [1.807, 2.05) is 0 Å². The second kappa shape index (κ2) is 6.68. The first kappa shape index (κ1) is 14.9. The third-order valence-corrected chi connectivity index (χ3v) is 5.29. The maximum absolute atomic E-state index is 11.6. The van der Waals surface area contributed by atoms with Crippen LogP contribution in [-0.4, -0.2) is 56.5 Å². The fourth-order valence-corrected chi connectivity index (χ4v) is 2.93. The van der Waals surface area contributed by atoms with Gasteiger partial charge in [-0.05, 0) is 45.3 Å². The van der Waals surface area contributed by atoms with Crippen molar-refractivity contribution >= 4 is 10.0 Å². The molecule has 6 heteroatoms. The minimum atomic E-state index is -3.34. The van der Waals surface area contributed by atoms with Gasteiger partial charge in [0.25, 0.3) is 0 Å². The van der Waals surface area contributed by atoms with Crippen LogP contribution in [0.15, 0.2) is 0 Å². The predicted octanol–water partition coefficient (Wildman–Crippen LogP) is 0.0185. The number of nitrogens with zero attached hydrogens (tertiary/aromatic N) is 1. The highest BCUT2D eigenvalue weighted by atomic mass is 32.2. The molecule has 0 spiro atoms. The Morgan fingerprint density at radius 3 is 2.47 bits per heavy atom. The largest absolute Gasteiger partial charge is 0.395 e. The first-order valence-corrected chi connectivity index (χ1v) is 7.86. The fraction of sp³-hybridized carbons (Fsp3) is 1.00. The molecule has 1 rings (SSSR count). The first-order chi connectivity index (χ1) is 7.99. The van der Waals surface area contributed by atoms with Crippen LogP contribution in [-0.2, 0) is 10.0 Å². The Kier molecular flexibility index (Phi) is 5.85. The fourth-order valence-electron chi connectivity index (χ4n) is 1.98. The summed E-state index contributed by atoms with van der Waals surface area (Å²) < 4.78 is 25.9. The topological polar surface area (TPSA) is 69.6 Å². The van der Waals surface area contributed by atoms with Gasteiger partial charge in [-0.1, -0.05) is 6.92 Å². The zero-order valence-corrected chi connectivity index (χ0v) is 11.5. The summed E-state index contributed by atoms with van der Waals surface area (Å²) in [5, 5.41) is 8.12. The van der Waals surface area contributed by atoms with Crippen LogP contribution in [0.5, 0.6) is 0 Å². The van der Waals surface area contributed by atoms with Gasteiger partial charge >= 0.3 is 0 Å². The number of aliphatic hydroxyl groups excluding tert-OH is 1. The summed E-state index contributed by atoms with van der Waals surface area (Å²) in [6, 6.07) is 0. The van der Waals surface area contributed by atoms with Gasteiger partial charge in [0.1, 0.15) is 0 Å². The lowest BCUT2D eigenvalue weighted by Crippen LogP contribution is -2.41. The first-order valence-electron chi connectivity index (χ1n) is 6.31. The molecule has 0 aromatic rings. The van der Waals surface area contributed by atoms with Crippen molar-refractivity contribution in [2.24, 2.45) is 5.92 Å². The lowest BCUT2D eigenvalue weighted by Gasteiger charge is -2.31. The van der Waals surface area contributed by atoms with E-state index >= 15 is 0 Å². The van der Waals surface area contributed by atoms with Crippen molar-refractivity contribution in [3.05, 3.63) is 0 Å². The lowest BCUT2D eigenvalue weighted by atomic mass is 9.97. The molecule has 0 bridgehead atoms. The summed E-state index contributed by atoms with van der Waals surface area (Å²) in [4.78, 5) is 2.38. The third kappa shape index (κ3) is 4.54. The van der Waals surface area contributed by atoms with Crippen molar-refractivity contribution in [3.8, 4) is 0 Å². The van der Waals surface area contributed by atoms with Gasteiger partial charge in [-0.2, -0.15) is 0 Å². The summed E-state index contributed by atoms with van der Waals surface area (Å²) in [6.07, 6.45) is 2.09. The van der Waals surface area contributed by atoms with Crippen molar-refractivity contribution in [2.75, 3.05) is 32.8 Å². The smallest absolute Gasteiger partial charge is 0.216 e. The van der Waals surface area contributed by atoms with Crippen molar-refractivity contribution in [2.45, 2.75) is 31.9 Å². The van der Waals surface area contributed by atoms with Gasteiger partial charge in [0.05, 0.1) is 11.9 Å². The van der Waals surface area contributed by atoms with Crippen LogP contribution < -0.4 is 4.72 Å². The van der Waals surface area contributed by atoms with Crippen molar-refractivity contribution in [3.63, 3.8) is 0 Å². The number of nitrogens with one attached hydrogen (secondary N) is 1. The molecule has 1 unspecified atom stereocenters. The van der Waals surface area contributed by atoms with Gasteiger partial charge in [0, 0.05) is 6.54 Å². The van der Waals surface area contributed by atoms with Gasteiger partial charge in [-0.3, -0.25) is 0 Å². The van der Waals surface area contributed by atoms with Gasteiger partial charge in [-0.15, -0.1) is 0 Å². The summed E-state index contributed by atoms with van der Waals surface area (Å²) >= 11 is 0. The number of piperidine rings is 1. The number of aliphatic hydroxyl groups is 1. The summed E-state index contributed by atoms with van der Waals surface area (Å²) in [7, 11) is -3.34. The second-order valence-corrected chi connectivity index (χ2v) is 6.95. The van der Waals surface area contributed by atoms with E-state index in [9.17, 15) is 8.42 Å². The van der Waals surface area contributed by atoms with E-state index in [2.05, 4.69) is 16.5 Å². The Bertz CT molecular complexity index is 311. The summed E-state index contributed by atoms with van der Waals surface area (Å²) in [5.41, 5.74) is 0. The number of sulfonamides is 1. The number of rotatable bonds is 6. The van der Waals surface area contributed by atoms with Crippen molar-refractivity contribution in [1.29, 1.82) is 0 Å². The highest BCUT2D eigenvalue weighted by molar-refractivity contribution is 7.90. The minimum absolute atomic E-state index is 0.330. The molecule has 102 valence electrons. The Balaban J connectivity index is 2.32. The third-order valence-electron chi connectivity index (χ3n) is 3.51.